The van der Waals surface area contributed by atoms with E-state index in [-0.39, 0.29) is 5.41 Å². The van der Waals surface area contributed by atoms with Crippen molar-refractivity contribution < 1.29 is 0 Å². The molecular formula is C14H24N2. The third kappa shape index (κ3) is 2.91. The van der Waals surface area contributed by atoms with Crippen LogP contribution in [-0.4, -0.2) is 6.54 Å². The first-order chi connectivity index (χ1) is 7.34. The molecule has 0 amide bonds. The number of para-hydroxylation sites is 1. The van der Waals surface area contributed by atoms with Crippen LogP contribution in [0, 0.1) is 18.3 Å². The Morgan fingerprint density at radius 1 is 1.31 bits per heavy atom. The van der Waals surface area contributed by atoms with Crippen molar-refractivity contribution in [3.05, 3.63) is 23.8 Å². The molecule has 0 aromatic heterocycles. The van der Waals surface area contributed by atoms with Crippen LogP contribution in [0.3, 0.4) is 0 Å². The maximum Gasteiger partial charge on any atom is 0.0603 e. The van der Waals surface area contributed by atoms with Crippen LogP contribution >= 0.6 is 0 Å². The van der Waals surface area contributed by atoms with Crippen LogP contribution in [-0.2, 0) is 0 Å². The van der Waals surface area contributed by atoms with E-state index in [0.717, 1.165) is 17.9 Å². The molecule has 2 nitrogen and oxygen atoms in total. The number of benzene rings is 1. The summed E-state index contributed by atoms with van der Waals surface area (Å²) in [5, 5.41) is 3.48. The molecule has 0 aliphatic rings. The standard InChI is InChI=1S/C14H24N2/c1-10(2)14(4,5)9-16-13-11(3)7-6-8-12(13)15/h6-8,10,16H,9,15H2,1-5H3. The van der Waals surface area contributed by atoms with Crippen molar-refractivity contribution in [3.63, 3.8) is 0 Å². The van der Waals surface area contributed by atoms with Crippen LogP contribution in [0.4, 0.5) is 11.4 Å². The summed E-state index contributed by atoms with van der Waals surface area (Å²) >= 11 is 0. The molecule has 0 radical (unpaired) electrons. The number of hydrogen-bond donors (Lipinski definition) is 2. The Bertz CT molecular complexity index is 334. The zero-order chi connectivity index (χ0) is 12.3. The van der Waals surface area contributed by atoms with Crippen molar-refractivity contribution in [1.82, 2.24) is 0 Å². The maximum absolute atomic E-state index is 5.96. The molecule has 2 heteroatoms. The van der Waals surface area contributed by atoms with Crippen molar-refractivity contribution in [2.45, 2.75) is 34.6 Å². The first kappa shape index (κ1) is 12.9. The highest BCUT2D eigenvalue weighted by Crippen LogP contribution is 2.29. The first-order valence-electron chi connectivity index (χ1n) is 5.93. The van der Waals surface area contributed by atoms with Gasteiger partial charge in [-0.05, 0) is 29.9 Å². The highest BCUT2D eigenvalue weighted by molar-refractivity contribution is 5.69. The smallest absolute Gasteiger partial charge is 0.0603 e. The van der Waals surface area contributed by atoms with Gasteiger partial charge in [0.25, 0.3) is 0 Å². The van der Waals surface area contributed by atoms with Gasteiger partial charge in [0.2, 0.25) is 0 Å². The van der Waals surface area contributed by atoms with Crippen molar-refractivity contribution in [2.75, 3.05) is 17.6 Å². The number of hydrogen-bond acceptors (Lipinski definition) is 2. The van der Waals surface area contributed by atoms with Gasteiger partial charge in [-0.15, -0.1) is 0 Å². The zero-order valence-electron chi connectivity index (χ0n) is 11.1. The van der Waals surface area contributed by atoms with Crippen molar-refractivity contribution >= 4 is 11.4 Å². The van der Waals surface area contributed by atoms with Crippen LogP contribution < -0.4 is 11.1 Å². The van der Waals surface area contributed by atoms with Gasteiger partial charge in [-0.1, -0.05) is 39.8 Å². The van der Waals surface area contributed by atoms with Crippen molar-refractivity contribution in [1.29, 1.82) is 0 Å². The van der Waals surface area contributed by atoms with Crippen LogP contribution in [0.2, 0.25) is 0 Å². The summed E-state index contributed by atoms with van der Waals surface area (Å²) < 4.78 is 0. The topological polar surface area (TPSA) is 38.0 Å². The summed E-state index contributed by atoms with van der Waals surface area (Å²) in [6, 6.07) is 6.02. The fourth-order valence-corrected chi connectivity index (χ4v) is 1.45. The molecule has 0 aliphatic carbocycles. The normalized spacial score (nSPS) is 11.9. The van der Waals surface area contributed by atoms with Crippen molar-refractivity contribution in [3.8, 4) is 0 Å². The lowest BCUT2D eigenvalue weighted by Gasteiger charge is -2.30. The predicted molar refractivity (Wildman–Crippen MR) is 72.7 cm³/mol. The molecule has 0 spiro atoms. The molecule has 0 unspecified atom stereocenters. The quantitative estimate of drug-likeness (QED) is 0.760. The fraction of sp³-hybridized carbons (Fsp3) is 0.571. The fourth-order valence-electron chi connectivity index (χ4n) is 1.45. The van der Waals surface area contributed by atoms with Gasteiger partial charge in [0.05, 0.1) is 11.4 Å². The highest BCUT2D eigenvalue weighted by Gasteiger charge is 2.22. The van der Waals surface area contributed by atoms with Gasteiger partial charge in [-0.2, -0.15) is 0 Å². The molecule has 0 bridgehead atoms. The summed E-state index contributed by atoms with van der Waals surface area (Å²) in [5.41, 5.74) is 9.36. The van der Waals surface area contributed by atoms with Gasteiger partial charge in [0.1, 0.15) is 0 Å². The van der Waals surface area contributed by atoms with Gasteiger partial charge in [0.15, 0.2) is 0 Å². The van der Waals surface area contributed by atoms with E-state index in [1.54, 1.807) is 0 Å². The second-order valence-electron chi connectivity index (χ2n) is 5.54. The molecule has 1 aromatic rings. The number of nitrogens with one attached hydrogen (secondary N) is 1. The number of nitrogen functional groups attached to an aromatic ring is 1. The minimum absolute atomic E-state index is 0.273. The van der Waals surface area contributed by atoms with E-state index in [2.05, 4.69) is 46.0 Å². The molecule has 0 aliphatic heterocycles. The third-order valence-corrected chi connectivity index (χ3v) is 3.59. The summed E-state index contributed by atoms with van der Waals surface area (Å²) in [5.74, 6) is 0.644. The Labute approximate surface area is 99.2 Å². The average molecular weight is 220 g/mol. The Morgan fingerprint density at radius 2 is 1.94 bits per heavy atom. The van der Waals surface area contributed by atoms with E-state index in [4.69, 9.17) is 5.73 Å². The Morgan fingerprint density at radius 3 is 2.44 bits per heavy atom. The maximum atomic E-state index is 5.96. The lowest BCUT2D eigenvalue weighted by molar-refractivity contribution is 0.269. The van der Waals surface area contributed by atoms with E-state index < -0.39 is 0 Å². The summed E-state index contributed by atoms with van der Waals surface area (Å²) in [6.45, 7) is 12.1. The number of anilines is 2. The Balaban J connectivity index is 2.75. The average Bonchev–Trinajstić information content (AvgIpc) is 2.16. The highest BCUT2D eigenvalue weighted by atomic mass is 14.9. The van der Waals surface area contributed by atoms with E-state index in [9.17, 15) is 0 Å². The van der Waals surface area contributed by atoms with E-state index in [0.29, 0.717) is 5.92 Å². The molecule has 0 saturated carbocycles. The van der Waals surface area contributed by atoms with E-state index >= 15 is 0 Å². The van der Waals surface area contributed by atoms with Gasteiger partial charge >= 0.3 is 0 Å². The van der Waals surface area contributed by atoms with Gasteiger partial charge < -0.3 is 11.1 Å². The molecule has 0 atom stereocenters. The Hall–Kier alpha value is -1.18. The molecule has 0 heterocycles. The largest absolute Gasteiger partial charge is 0.397 e. The van der Waals surface area contributed by atoms with Crippen LogP contribution in [0.15, 0.2) is 18.2 Å². The molecular weight excluding hydrogens is 196 g/mol. The van der Waals surface area contributed by atoms with Gasteiger partial charge in [0, 0.05) is 6.54 Å². The second kappa shape index (κ2) is 4.77. The monoisotopic (exact) mass is 220 g/mol. The van der Waals surface area contributed by atoms with Crippen LogP contribution in [0.5, 0.6) is 0 Å². The van der Waals surface area contributed by atoms with Crippen LogP contribution in [0.25, 0.3) is 0 Å². The lowest BCUT2D eigenvalue weighted by Crippen LogP contribution is -2.28. The zero-order valence-corrected chi connectivity index (χ0v) is 11.1. The number of aryl methyl sites for hydroxylation is 1. The summed E-state index contributed by atoms with van der Waals surface area (Å²) in [6.07, 6.45) is 0. The number of nitrogens with two attached hydrogens (primary N) is 1. The first-order valence-corrected chi connectivity index (χ1v) is 5.93. The minimum atomic E-state index is 0.273. The van der Waals surface area contributed by atoms with Crippen LogP contribution in [0.1, 0.15) is 33.3 Å². The molecule has 3 N–H and O–H groups in total. The molecule has 1 aromatic carbocycles. The Kier molecular flexibility index (Phi) is 3.84. The number of rotatable bonds is 4. The van der Waals surface area contributed by atoms with Gasteiger partial charge in [-0.25, -0.2) is 0 Å². The second-order valence-corrected chi connectivity index (χ2v) is 5.54. The summed E-state index contributed by atoms with van der Waals surface area (Å²) in [4.78, 5) is 0. The lowest BCUT2D eigenvalue weighted by atomic mass is 9.81. The molecule has 16 heavy (non-hydrogen) atoms. The van der Waals surface area contributed by atoms with Gasteiger partial charge in [-0.3, -0.25) is 0 Å². The molecule has 1 rings (SSSR count). The van der Waals surface area contributed by atoms with E-state index in [1.165, 1.54) is 5.56 Å². The third-order valence-electron chi connectivity index (χ3n) is 3.59. The van der Waals surface area contributed by atoms with Crippen molar-refractivity contribution in [2.24, 2.45) is 11.3 Å². The minimum Gasteiger partial charge on any atom is -0.397 e. The molecule has 90 valence electrons. The summed E-state index contributed by atoms with van der Waals surface area (Å²) in [7, 11) is 0. The predicted octanol–water partition coefficient (Wildman–Crippen LogP) is 3.67. The molecule has 0 saturated heterocycles. The molecule has 0 fully saturated rings. The SMILES string of the molecule is Cc1cccc(N)c1NCC(C)(C)C(C)C. The van der Waals surface area contributed by atoms with E-state index in [1.807, 2.05) is 12.1 Å².